The van der Waals surface area contributed by atoms with Crippen molar-refractivity contribution in [2.75, 3.05) is 13.2 Å². The molecule has 21 atom stereocenters. The van der Waals surface area contributed by atoms with Crippen molar-refractivity contribution in [3.63, 3.8) is 0 Å². The molecule has 61 heavy (non-hydrogen) atoms. The number of esters is 2. The first-order chi connectivity index (χ1) is 28.3. The number of hydrogen-bond donors (Lipinski definition) is 7. The Morgan fingerprint density at radius 1 is 0.754 bits per heavy atom. The van der Waals surface area contributed by atoms with Crippen LogP contribution in [0, 0.1) is 44.8 Å². The van der Waals surface area contributed by atoms with Gasteiger partial charge in [0.25, 0.3) is 0 Å². The summed E-state index contributed by atoms with van der Waals surface area (Å²) in [4.78, 5) is 24.0. The Morgan fingerprint density at radius 3 is 2.07 bits per heavy atom. The van der Waals surface area contributed by atoms with Gasteiger partial charge in [-0.3, -0.25) is 9.59 Å². The average Bonchev–Trinajstić information content (AvgIpc) is 3.52. The molecule has 2 spiro atoms. The summed E-state index contributed by atoms with van der Waals surface area (Å²) in [5, 5.41) is 77.8. The van der Waals surface area contributed by atoms with E-state index in [0.717, 1.165) is 32.1 Å². The van der Waals surface area contributed by atoms with E-state index in [1.807, 2.05) is 0 Å². The topological polar surface area (TPSA) is 240 Å². The van der Waals surface area contributed by atoms with Crippen LogP contribution in [0.3, 0.4) is 0 Å². The zero-order valence-electron chi connectivity index (χ0n) is 37.3. The molecule has 8 rings (SSSR count). The Labute approximate surface area is 358 Å². The highest BCUT2D eigenvalue weighted by atomic mass is 16.7. The Balaban J connectivity index is 1.13. The standard InChI is InChI=1S/C45H72O16/c1-21(47)56-26-19-55-37(33(53)34(26)57-22(2)48)60-28-11-13-45-20-44(45)15-14-41(7)35(43(9)12-10-29(61-43)40(5,6)54)23(49)17-42(41,8)27(44)16-24(36(45)39(28,3)4)58-38-32(52)31(51)30(50)25(18-46)59-38/h23-38,46,49-54H,10-20H2,1-9H3/t23-,24-,25+,26-,27-,28-,29-,30+,31-,32+,33-,34+,35-,36-,37+,38+,41+,42-,43+,44-,45+/m0/s1. The molecule has 8 fully saturated rings. The van der Waals surface area contributed by atoms with Gasteiger partial charge >= 0.3 is 11.9 Å². The monoisotopic (exact) mass is 868 g/mol. The number of fused-ring (bicyclic) bond motifs is 2. The lowest BCUT2D eigenvalue weighted by molar-refractivity contribution is -0.339. The third kappa shape index (κ3) is 6.89. The molecule has 16 nitrogen and oxygen atoms in total. The molecule has 5 saturated carbocycles. The van der Waals surface area contributed by atoms with Gasteiger partial charge in [0, 0.05) is 19.8 Å². The number of aliphatic hydroxyl groups is 7. The van der Waals surface area contributed by atoms with E-state index in [2.05, 4.69) is 34.6 Å². The third-order valence-electron chi connectivity index (χ3n) is 18.2. The predicted molar refractivity (Wildman–Crippen MR) is 213 cm³/mol. The number of rotatable bonds is 9. The van der Waals surface area contributed by atoms with Gasteiger partial charge in [0.2, 0.25) is 0 Å². The van der Waals surface area contributed by atoms with E-state index in [1.165, 1.54) is 13.8 Å². The maximum absolute atomic E-state index is 12.3. The number of carbonyl (C=O) groups is 2. The molecule has 0 aromatic carbocycles. The van der Waals surface area contributed by atoms with E-state index in [1.54, 1.807) is 13.8 Å². The van der Waals surface area contributed by atoms with Crippen molar-refractivity contribution >= 4 is 11.9 Å². The van der Waals surface area contributed by atoms with Crippen molar-refractivity contribution in [1.29, 1.82) is 0 Å². The molecule has 7 N–H and O–H groups in total. The summed E-state index contributed by atoms with van der Waals surface area (Å²) >= 11 is 0. The zero-order valence-corrected chi connectivity index (χ0v) is 37.3. The minimum absolute atomic E-state index is 0.0686. The van der Waals surface area contributed by atoms with Crippen molar-refractivity contribution in [3.8, 4) is 0 Å². The number of hydrogen-bond acceptors (Lipinski definition) is 16. The fourth-order valence-corrected chi connectivity index (χ4v) is 15.5. The second-order valence-corrected chi connectivity index (χ2v) is 22.2. The summed E-state index contributed by atoms with van der Waals surface area (Å²) in [6.45, 7) is 16.2. The van der Waals surface area contributed by atoms with Crippen LogP contribution in [0.15, 0.2) is 0 Å². The van der Waals surface area contributed by atoms with Gasteiger partial charge in [-0.15, -0.1) is 0 Å². The first kappa shape index (κ1) is 46.0. The van der Waals surface area contributed by atoms with Crippen molar-refractivity contribution in [3.05, 3.63) is 0 Å². The van der Waals surface area contributed by atoms with Crippen LogP contribution in [0.4, 0.5) is 0 Å². The second kappa shape index (κ2) is 15.3. The largest absolute Gasteiger partial charge is 0.456 e. The Hall–Kier alpha value is -1.54. The molecule has 3 heterocycles. The average molecular weight is 869 g/mol. The maximum Gasteiger partial charge on any atom is 0.303 e. The maximum atomic E-state index is 12.3. The van der Waals surface area contributed by atoms with Gasteiger partial charge in [-0.1, -0.05) is 27.7 Å². The van der Waals surface area contributed by atoms with Gasteiger partial charge in [0.05, 0.1) is 48.8 Å². The highest BCUT2D eigenvalue weighted by molar-refractivity contribution is 5.67. The highest BCUT2D eigenvalue weighted by Gasteiger charge is 2.85. The van der Waals surface area contributed by atoms with E-state index < -0.39 is 109 Å². The number of ether oxygens (including phenoxy) is 7. The lowest BCUT2D eigenvalue weighted by Gasteiger charge is -2.65. The van der Waals surface area contributed by atoms with Crippen LogP contribution in [0.5, 0.6) is 0 Å². The van der Waals surface area contributed by atoms with Crippen molar-refractivity contribution < 1.29 is 78.5 Å². The molecule has 8 aliphatic rings. The Bertz CT molecular complexity index is 1680. The molecule has 3 saturated heterocycles. The summed E-state index contributed by atoms with van der Waals surface area (Å²) in [5.41, 5.74) is -3.43. The molecule has 3 aliphatic heterocycles. The van der Waals surface area contributed by atoms with Crippen molar-refractivity contribution in [2.45, 2.75) is 211 Å². The smallest absolute Gasteiger partial charge is 0.303 e. The van der Waals surface area contributed by atoms with Crippen LogP contribution in [-0.4, -0.2) is 152 Å². The van der Waals surface area contributed by atoms with E-state index in [9.17, 15) is 45.3 Å². The highest BCUT2D eigenvalue weighted by Crippen LogP contribution is 2.89. The van der Waals surface area contributed by atoms with Gasteiger partial charge in [0.15, 0.2) is 24.8 Å². The molecular formula is C45H72O16. The molecule has 0 radical (unpaired) electrons. The first-order valence-electron chi connectivity index (χ1n) is 22.6. The minimum atomic E-state index is -1.63. The van der Waals surface area contributed by atoms with Crippen LogP contribution in [0.2, 0.25) is 0 Å². The molecule has 0 bridgehead atoms. The van der Waals surface area contributed by atoms with Crippen molar-refractivity contribution in [2.24, 2.45) is 44.8 Å². The van der Waals surface area contributed by atoms with E-state index in [0.29, 0.717) is 25.7 Å². The quantitative estimate of drug-likeness (QED) is 0.129. The molecule has 348 valence electrons. The summed E-state index contributed by atoms with van der Waals surface area (Å²) in [5.74, 6) is -1.60. The molecular weight excluding hydrogens is 796 g/mol. The third-order valence-corrected chi connectivity index (χ3v) is 18.2. The molecule has 0 aromatic rings. The molecule has 0 unspecified atom stereocenters. The summed E-state index contributed by atoms with van der Waals surface area (Å²) < 4.78 is 43.3. The van der Waals surface area contributed by atoms with Crippen LogP contribution < -0.4 is 0 Å². The minimum Gasteiger partial charge on any atom is -0.456 e. The fourth-order valence-electron chi connectivity index (χ4n) is 15.5. The van der Waals surface area contributed by atoms with Crippen LogP contribution in [0.25, 0.3) is 0 Å². The molecule has 0 aromatic heterocycles. The summed E-state index contributed by atoms with van der Waals surface area (Å²) in [7, 11) is 0. The van der Waals surface area contributed by atoms with E-state index in [4.69, 9.17) is 33.2 Å². The summed E-state index contributed by atoms with van der Waals surface area (Å²) in [6, 6.07) is 0. The van der Waals surface area contributed by atoms with Gasteiger partial charge in [-0.05, 0) is 117 Å². The first-order valence-corrected chi connectivity index (χ1v) is 22.6. The van der Waals surface area contributed by atoms with Crippen LogP contribution in [-0.2, 0) is 42.7 Å². The zero-order chi connectivity index (χ0) is 44.6. The normalized spacial score (nSPS) is 53.8. The van der Waals surface area contributed by atoms with E-state index >= 15 is 0 Å². The lowest BCUT2D eigenvalue weighted by atomic mass is 9.41. The summed E-state index contributed by atoms with van der Waals surface area (Å²) in [6.07, 6.45) is -7.78. The van der Waals surface area contributed by atoms with Crippen LogP contribution in [0.1, 0.15) is 120 Å². The number of carbonyl (C=O) groups excluding carboxylic acids is 2. The number of aliphatic hydroxyl groups excluding tert-OH is 6. The lowest BCUT2D eigenvalue weighted by Crippen LogP contribution is -2.65. The van der Waals surface area contributed by atoms with Gasteiger partial charge in [-0.2, -0.15) is 0 Å². The Kier molecular flexibility index (Phi) is 11.5. The fraction of sp³-hybridized carbons (Fsp3) is 0.956. The second-order valence-electron chi connectivity index (χ2n) is 22.2. The Morgan fingerprint density at radius 2 is 1.44 bits per heavy atom. The molecule has 16 heteroatoms. The van der Waals surface area contributed by atoms with Gasteiger partial charge in [-0.25, -0.2) is 0 Å². The molecule has 0 amide bonds. The van der Waals surface area contributed by atoms with Crippen molar-refractivity contribution in [1.82, 2.24) is 0 Å². The molecule has 5 aliphatic carbocycles. The SMILES string of the molecule is CC(=O)O[C@H]1[C@H](O)[C@@H](O[C@H]2CC[C@]34C[C@]35CC[C@]3(C)[C@@H]([C@@]6(C)CC[C@@H](C(C)(C)O)O6)[C@@H](O)C[C@@]3(C)[C@@H]5C[C@H](O[C@@H]3O[C@H](CO)[C@@H](O)[C@H](O)[C@H]3O)[C@H]4C2(C)C)OC[C@@H]1OC(C)=O. The van der Waals surface area contributed by atoms with Crippen LogP contribution >= 0.6 is 0 Å². The predicted octanol–water partition coefficient (Wildman–Crippen LogP) is 1.87. The van der Waals surface area contributed by atoms with Gasteiger partial charge in [0.1, 0.15) is 30.5 Å². The van der Waals surface area contributed by atoms with Gasteiger partial charge < -0.3 is 68.9 Å². The van der Waals surface area contributed by atoms with E-state index in [-0.39, 0.29) is 52.1 Å².